The van der Waals surface area contributed by atoms with Crippen molar-refractivity contribution in [2.75, 3.05) is 175 Å². The Morgan fingerprint density at radius 2 is 0.872 bits per heavy atom. The molecule has 0 amide bonds. The smallest absolute Gasteiger partial charge is 0.0207 e. The summed E-state index contributed by atoms with van der Waals surface area (Å²) in [6.07, 6.45) is 25.2. The van der Waals surface area contributed by atoms with Crippen molar-refractivity contribution in [2.45, 2.75) is 201 Å². The van der Waals surface area contributed by atoms with Crippen molar-refractivity contribution in [3.05, 3.63) is 58.5 Å². The maximum Gasteiger partial charge on any atom is 0.0207 e. The lowest BCUT2D eigenvalue weighted by atomic mass is 9.88. The third-order valence-corrected chi connectivity index (χ3v) is 19.7. The van der Waals surface area contributed by atoms with Crippen LogP contribution in [0.3, 0.4) is 0 Å². The lowest BCUT2D eigenvalue weighted by Crippen LogP contribution is -2.47. The van der Waals surface area contributed by atoms with Crippen LogP contribution >= 0.6 is 0 Å². The van der Waals surface area contributed by atoms with Crippen LogP contribution in [0.4, 0.5) is 0 Å². The topological polar surface area (TPSA) is 32.4 Å². The molecular formula is C76H152N10. The molecule has 4 fully saturated rings. The van der Waals surface area contributed by atoms with Crippen LogP contribution in [0.15, 0.2) is 58.5 Å². The first-order valence-electron chi connectivity index (χ1n) is 35.8. The molecule has 0 saturated carbocycles. The molecule has 0 aliphatic carbocycles. The van der Waals surface area contributed by atoms with Gasteiger partial charge < -0.3 is 39.2 Å². The number of rotatable bonds is 9. The SMILES string of the molecule is CC(C)C1=CCCN(C)C1.CC(C)C1=CCCN1C.CC(C)C1=CCN(C)C1.CC(C)C1=CCN(C)CC1.CC(C)C1=CN(C)CCC1.CC(C)C1CCCN(C)C1.CC(C)C1CCCN1C.CC(C)C1CCN(C)C1.CC(C)N1CCN(C)CC1. The molecule has 0 bridgehead atoms. The van der Waals surface area contributed by atoms with Gasteiger partial charge in [-0.1, -0.05) is 157 Å². The third-order valence-electron chi connectivity index (χ3n) is 19.7. The van der Waals surface area contributed by atoms with Gasteiger partial charge in [-0.3, -0.25) is 9.80 Å². The number of likely N-dealkylation sites (N-methyl/N-ethyl adjacent to an activating group) is 4. The number of hydrogen-bond donors (Lipinski definition) is 0. The van der Waals surface area contributed by atoms with E-state index < -0.39 is 0 Å². The molecule has 4 saturated heterocycles. The van der Waals surface area contributed by atoms with E-state index in [9.17, 15) is 0 Å². The van der Waals surface area contributed by atoms with Crippen LogP contribution in [-0.4, -0.2) is 236 Å². The van der Waals surface area contributed by atoms with Crippen molar-refractivity contribution >= 4 is 0 Å². The molecule has 86 heavy (non-hydrogen) atoms. The van der Waals surface area contributed by atoms with Gasteiger partial charge in [-0.05, 0) is 212 Å². The molecule has 9 heterocycles. The molecule has 3 atom stereocenters. The number of nitrogens with zero attached hydrogens (tertiary/aromatic N) is 10. The molecule has 0 aromatic carbocycles. The Labute approximate surface area is 539 Å². The largest absolute Gasteiger partial charge is 0.380 e. The first-order chi connectivity index (χ1) is 40.3. The zero-order valence-corrected chi connectivity index (χ0v) is 62.9. The van der Waals surface area contributed by atoms with Crippen molar-refractivity contribution in [3.63, 3.8) is 0 Å². The molecule has 10 nitrogen and oxygen atoms in total. The highest BCUT2D eigenvalue weighted by molar-refractivity contribution is 5.13. The molecule has 0 spiro atoms. The Balaban J connectivity index is 0.000000484. The summed E-state index contributed by atoms with van der Waals surface area (Å²) in [5.74, 6) is 8.22. The molecule has 9 aliphatic rings. The van der Waals surface area contributed by atoms with E-state index in [1.54, 1.807) is 22.3 Å². The standard InChI is InChI=1S/C9H17N.C9H19N.2C9H17N.C8H18N2.C8H17N.C8H15N.C8H17N.C8H15N/c1-8(2)9-4-6-10(3)7-5-9;3*1-8(2)9-5-4-6-10(3)7-9;1-8(2)10-6-4-9(3)5-7-10;2*1-7(2)8-4-5-9(3)6-8;2*1-7(2)8-5-4-6-9(8)3/h4,8H,5-7H2,1-3H3;8-9H,4-7H2,1-3H3;7-8H,4-6H2,1-3H3;5,8H,4,6-7H2,1-3H3;8H,4-7H2,1-3H3;7-8H,4-6H2,1-3H3;4,7H,5-6H2,1-3H3;7-8H,4-6H2,1-3H3;5,7H,4,6H2,1-3H3. The number of piperazine rings is 1. The number of piperidine rings is 1. The van der Waals surface area contributed by atoms with E-state index in [1.807, 2.05) is 0 Å². The summed E-state index contributed by atoms with van der Waals surface area (Å²) >= 11 is 0. The second kappa shape index (κ2) is 45.3. The van der Waals surface area contributed by atoms with E-state index in [0.717, 1.165) is 78.4 Å². The predicted octanol–water partition coefficient (Wildman–Crippen LogP) is 15.4. The van der Waals surface area contributed by atoms with Crippen molar-refractivity contribution in [1.29, 1.82) is 0 Å². The third kappa shape index (κ3) is 36.1. The van der Waals surface area contributed by atoms with Crippen molar-refractivity contribution in [2.24, 2.45) is 59.2 Å². The fraction of sp³-hybridized carbons (Fsp3) is 0.868. The Hall–Kier alpha value is -2.02. The number of hydrogen-bond acceptors (Lipinski definition) is 10. The van der Waals surface area contributed by atoms with Gasteiger partial charge in [0.2, 0.25) is 0 Å². The first-order valence-corrected chi connectivity index (χ1v) is 35.8. The molecule has 9 rings (SSSR count). The second-order valence-electron chi connectivity index (χ2n) is 30.8. The van der Waals surface area contributed by atoms with Crippen LogP contribution in [0.5, 0.6) is 0 Å². The minimum atomic E-state index is 0.706. The van der Waals surface area contributed by atoms with Crippen LogP contribution in [0.25, 0.3) is 0 Å². The molecule has 0 radical (unpaired) electrons. The fourth-order valence-electron chi connectivity index (χ4n) is 12.9. The van der Waals surface area contributed by atoms with Gasteiger partial charge in [-0.25, -0.2) is 0 Å². The summed E-state index contributed by atoms with van der Waals surface area (Å²) in [4.78, 5) is 24.0. The Bertz CT molecular complexity index is 1870. The molecule has 0 N–H and O–H groups in total. The van der Waals surface area contributed by atoms with Gasteiger partial charge >= 0.3 is 0 Å². The van der Waals surface area contributed by atoms with E-state index in [0.29, 0.717) is 5.92 Å². The molecule has 10 heteroatoms. The van der Waals surface area contributed by atoms with E-state index >= 15 is 0 Å². The van der Waals surface area contributed by atoms with E-state index in [4.69, 9.17) is 0 Å². The normalized spacial score (nSPS) is 24.0. The van der Waals surface area contributed by atoms with Gasteiger partial charge in [0.15, 0.2) is 0 Å². The van der Waals surface area contributed by atoms with Crippen LogP contribution < -0.4 is 0 Å². The van der Waals surface area contributed by atoms with Gasteiger partial charge in [0.1, 0.15) is 0 Å². The van der Waals surface area contributed by atoms with Gasteiger partial charge in [-0.2, -0.15) is 0 Å². The summed E-state index contributed by atoms with van der Waals surface area (Å²) in [6, 6.07) is 1.60. The molecule has 0 aromatic rings. The van der Waals surface area contributed by atoms with E-state index in [-0.39, 0.29) is 0 Å². The lowest BCUT2D eigenvalue weighted by molar-refractivity contribution is 0.126. The summed E-state index contributed by atoms with van der Waals surface area (Å²) in [5, 5.41) is 0. The molecular weight excluding hydrogens is 1050 g/mol. The average molecular weight is 1210 g/mol. The maximum absolute atomic E-state index is 2.53. The van der Waals surface area contributed by atoms with Crippen molar-refractivity contribution in [1.82, 2.24) is 49.0 Å². The van der Waals surface area contributed by atoms with Crippen LogP contribution in [-0.2, 0) is 0 Å². The zero-order chi connectivity index (χ0) is 65.2. The van der Waals surface area contributed by atoms with E-state index in [1.165, 1.54) is 168 Å². The van der Waals surface area contributed by atoms with E-state index in [2.05, 4.69) is 268 Å². The van der Waals surface area contributed by atoms with Crippen molar-refractivity contribution in [3.8, 4) is 0 Å². The highest BCUT2D eigenvalue weighted by Gasteiger charge is 2.24. The highest BCUT2D eigenvalue weighted by atomic mass is 15.3. The summed E-state index contributed by atoms with van der Waals surface area (Å²) in [7, 11) is 19.7. The second-order valence-corrected chi connectivity index (χ2v) is 30.8. The quantitative estimate of drug-likeness (QED) is 0.208. The minimum Gasteiger partial charge on any atom is -0.380 e. The fourth-order valence-corrected chi connectivity index (χ4v) is 12.9. The van der Waals surface area contributed by atoms with Crippen LogP contribution in [0, 0.1) is 59.2 Å². The maximum atomic E-state index is 2.53. The Morgan fingerprint density at radius 1 is 0.360 bits per heavy atom. The highest BCUT2D eigenvalue weighted by Crippen LogP contribution is 2.25. The first kappa shape index (κ1) is 82.0. The summed E-state index contributed by atoms with van der Waals surface area (Å²) in [5.41, 5.74) is 7.95. The number of allylic oxidation sites excluding steroid dienone is 2. The zero-order valence-electron chi connectivity index (χ0n) is 62.9. The van der Waals surface area contributed by atoms with Crippen LogP contribution in [0.2, 0.25) is 0 Å². The van der Waals surface area contributed by atoms with Gasteiger partial charge in [0.25, 0.3) is 0 Å². The lowest BCUT2D eigenvalue weighted by Gasteiger charge is -2.34. The molecule has 3 unspecified atom stereocenters. The average Bonchev–Trinajstić information content (AvgIpc) is 4.46. The monoisotopic (exact) mass is 1210 g/mol. The molecule has 0 aromatic heterocycles. The van der Waals surface area contributed by atoms with Gasteiger partial charge in [-0.15, -0.1) is 0 Å². The Kier molecular flexibility index (Phi) is 43.2. The molecule has 506 valence electrons. The van der Waals surface area contributed by atoms with Gasteiger partial charge in [0.05, 0.1) is 0 Å². The van der Waals surface area contributed by atoms with Gasteiger partial charge in [0, 0.05) is 124 Å². The number of likely N-dealkylation sites (tertiary alicyclic amines) is 3. The van der Waals surface area contributed by atoms with Crippen LogP contribution in [0.1, 0.15) is 189 Å². The molecule has 9 aliphatic heterocycles. The van der Waals surface area contributed by atoms with Crippen molar-refractivity contribution < 1.29 is 0 Å². The Morgan fingerprint density at radius 3 is 1.20 bits per heavy atom. The summed E-state index contributed by atoms with van der Waals surface area (Å²) in [6.45, 7) is 62.2. The minimum absolute atomic E-state index is 0.706. The predicted molar refractivity (Wildman–Crippen MR) is 386 cm³/mol. The summed E-state index contributed by atoms with van der Waals surface area (Å²) < 4.78 is 0.